The Kier molecular flexibility index (Phi) is 9.49. The van der Waals surface area contributed by atoms with Crippen LogP contribution in [0.5, 0.6) is 11.5 Å². The van der Waals surface area contributed by atoms with Gasteiger partial charge in [-0.25, -0.2) is 0 Å². The Morgan fingerprint density at radius 1 is 1.00 bits per heavy atom. The molecule has 0 saturated heterocycles. The maximum Gasteiger partial charge on any atom is 0.243 e. The van der Waals surface area contributed by atoms with Crippen LogP contribution in [0.15, 0.2) is 61.2 Å². The van der Waals surface area contributed by atoms with Gasteiger partial charge in [-0.3, -0.25) is 4.79 Å². The van der Waals surface area contributed by atoms with Crippen molar-refractivity contribution in [1.82, 2.24) is 0 Å². The van der Waals surface area contributed by atoms with E-state index in [-0.39, 0.29) is 12.5 Å². The Hall–Kier alpha value is -2.95. The number of amides is 1. The van der Waals surface area contributed by atoms with Crippen molar-refractivity contribution in [1.29, 1.82) is 0 Å². The standard InChI is InChI=1S/C23H30N2O3/c1-3-5-6-7-16-28-22-10-8-9-20(17-22)25-23(26)18-24-19-11-13-21(14-12-19)27-15-4-2/h4,8-14,17,24H,2-3,5-7,15-16,18H2,1H3,(H,25,26). The van der Waals surface area contributed by atoms with Gasteiger partial charge in [0.1, 0.15) is 18.1 Å². The summed E-state index contributed by atoms with van der Waals surface area (Å²) in [5, 5.41) is 5.98. The van der Waals surface area contributed by atoms with Gasteiger partial charge in [0.15, 0.2) is 0 Å². The molecule has 28 heavy (non-hydrogen) atoms. The van der Waals surface area contributed by atoms with Gasteiger partial charge < -0.3 is 20.1 Å². The Balaban J connectivity index is 1.74. The first-order valence-corrected chi connectivity index (χ1v) is 9.81. The quantitative estimate of drug-likeness (QED) is 0.366. The Morgan fingerprint density at radius 3 is 2.57 bits per heavy atom. The molecule has 0 unspecified atom stereocenters. The summed E-state index contributed by atoms with van der Waals surface area (Å²) in [6, 6.07) is 14.9. The van der Waals surface area contributed by atoms with Gasteiger partial charge >= 0.3 is 0 Å². The first kappa shape index (κ1) is 21.4. The van der Waals surface area contributed by atoms with Crippen molar-refractivity contribution in [2.24, 2.45) is 0 Å². The highest BCUT2D eigenvalue weighted by Crippen LogP contribution is 2.18. The van der Waals surface area contributed by atoms with E-state index in [0.29, 0.717) is 13.2 Å². The maximum absolute atomic E-state index is 12.2. The third-order valence-electron chi connectivity index (χ3n) is 4.06. The molecule has 0 aliphatic rings. The zero-order valence-corrected chi connectivity index (χ0v) is 16.6. The van der Waals surface area contributed by atoms with Crippen LogP contribution < -0.4 is 20.1 Å². The maximum atomic E-state index is 12.2. The molecule has 5 nitrogen and oxygen atoms in total. The van der Waals surface area contributed by atoms with Gasteiger partial charge in [-0.15, -0.1) is 0 Å². The van der Waals surface area contributed by atoms with E-state index >= 15 is 0 Å². The summed E-state index contributed by atoms with van der Waals surface area (Å²) in [4.78, 5) is 12.2. The van der Waals surface area contributed by atoms with E-state index in [2.05, 4.69) is 24.1 Å². The van der Waals surface area contributed by atoms with E-state index < -0.39 is 0 Å². The predicted octanol–water partition coefficient (Wildman–Crippen LogP) is 5.26. The second-order valence-electron chi connectivity index (χ2n) is 6.46. The van der Waals surface area contributed by atoms with Crippen LogP contribution in [-0.2, 0) is 4.79 Å². The molecule has 2 aromatic rings. The average Bonchev–Trinajstić information content (AvgIpc) is 2.71. The molecule has 150 valence electrons. The van der Waals surface area contributed by atoms with Crippen LogP contribution in [-0.4, -0.2) is 25.7 Å². The molecule has 2 aromatic carbocycles. The smallest absolute Gasteiger partial charge is 0.243 e. The zero-order chi connectivity index (χ0) is 20.0. The minimum Gasteiger partial charge on any atom is -0.494 e. The van der Waals surface area contributed by atoms with Crippen LogP contribution >= 0.6 is 0 Å². The lowest BCUT2D eigenvalue weighted by molar-refractivity contribution is -0.114. The molecular weight excluding hydrogens is 352 g/mol. The molecule has 5 heteroatoms. The summed E-state index contributed by atoms with van der Waals surface area (Å²) < 4.78 is 11.2. The van der Waals surface area contributed by atoms with Gasteiger partial charge in [0.2, 0.25) is 5.91 Å². The van der Waals surface area contributed by atoms with E-state index in [1.165, 1.54) is 19.3 Å². The number of rotatable bonds is 13. The van der Waals surface area contributed by atoms with Crippen LogP contribution in [0, 0.1) is 0 Å². The predicted molar refractivity (Wildman–Crippen MR) is 115 cm³/mol. The molecule has 0 aliphatic carbocycles. The number of anilines is 2. The fourth-order valence-electron chi connectivity index (χ4n) is 2.59. The Morgan fingerprint density at radius 2 is 1.82 bits per heavy atom. The molecule has 0 aliphatic heterocycles. The Bertz CT molecular complexity index is 729. The van der Waals surface area contributed by atoms with Crippen LogP contribution in [0.3, 0.4) is 0 Å². The highest BCUT2D eigenvalue weighted by atomic mass is 16.5. The van der Waals surface area contributed by atoms with Gasteiger partial charge in [-0.1, -0.05) is 44.9 Å². The van der Waals surface area contributed by atoms with Crippen LogP contribution in [0.1, 0.15) is 32.6 Å². The van der Waals surface area contributed by atoms with Crippen molar-refractivity contribution in [3.63, 3.8) is 0 Å². The molecule has 0 heterocycles. The molecule has 2 rings (SSSR count). The van der Waals surface area contributed by atoms with E-state index in [9.17, 15) is 4.79 Å². The molecule has 2 N–H and O–H groups in total. The van der Waals surface area contributed by atoms with Gasteiger partial charge in [0.25, 0.3) is 0 Å². The lowest BCUT2D eigenvalue weighted by Gasteiger charge is -2.11. The topological polar surface area (TPSA) is 59.6 Å². The number of carbonyl (C=O) groups excluding carboxylic acids is 1. The SMILES string of the molecule is C=CCOc1ccc(NCC(=O)Nc2cccc(OCCCCCC)c2)cc1. The summed E-state index contributed by atoms with van der Waals surface area (Å²) in [6.07, 6.45) is 6.37. The molecule has 0 atom stereocenters. The van der Waals surface area contributed by atoms with Gasteiger partial charge in [-0.2, -0.15) is 0 Å². The molecule has 0 aromatic heterocycles. The largest absolute Gasteiger partial charge is 0.494 e. The van der Waals surface area contributed by atoms with E-state index in [1.807, 2.05) is 48.5 Å². The molecule has 0 radical (unpaired) electrons. The van der Waals surface area contributed by atoms with Gasteiger partial charge in [-0.05, 0) is 42.8 Å². The number of unbranched alkanes of at least 4 members (excludes halogenated alkanes) is 3. The van der Waals surface area contributed by atoms with Crippen molar-refractivity contribution in [3.8, 4) is 11.5 Å². The first-order chi connectivity index (χ1) is 13.7. The molecule has 0 saturated carbocycles. The second kappa shape index (κ2) is 12.4. The lowest BCUT2D eigenvalue weighted by atomic mass is 10.2. The highest BCUT2D eigenvalue weighted by Gasteiger charge is 2.04. The monoisotopic (exact) mass is 382 g/mol. The minimum atomic E-state index is -0.118. The van der Waals surface area contributed by atoms with Crippen LogP contribution in [0.25, 0.3) is 0 Å². The molecule has 1 amide bonds. The summed E-state index contributed by atoms with van der Waals surface area (Å²) in [7, 11) is 0. The van der Waals surface area contributed by atoms with Crippen molar-refractivity contribution in [3.05, 3.63) is 61.2 Å². The van der Waals surface area contributed by atoms with Crippen LogP contribution in [0.2, 0.25) is 0 Å². The highest BCUT2D eigenvalue weighted by molar-refractivity contribution is 5.93. The molecule has 0 spiro atoms. The van der Waals surface area contributed by atoms with Crippen molar-refractivity contribution in [2.75, 3.05) is 30.4 Å². The number of hydrogen-bond donors (Lipinski definition) is 2. The number of carbonyl (C=O) groups is 1. The fraction of sp³-hybridized carbons (Fsp3) is 0.348. The minimum absolute atomic E-state index is 0.118. The van der Waals surface area contributed by atoms with E-state index in [1.54, 1.807) is 6.08 Å². The normalized spacial score (nSPS) is 10.2. The summed E-state index contributed by atoms with van der Waals surface area (Å²) in [6.45, 7) is 7.15. The summed E-state index contributed by atoms with van der Waals surface area (Å²) >= 11 is 0. The number of ether oxygens (including phenoxy) is 2. The number of hydrogen-bond acceptors (Lipinski definition) is 4. The van der Waals surface area contributed by atoms with Crippen molar-refractivity contribution in [2.45, 2.75) is 32.6 Å². The average molecular weight is 383 g/mol. The molecule has 0 fully saturated rings. The van der Waals surface area contributed by atoms with Gasteiger partial charge in [0.05, 0.1) is 13.2 Å². The third kappa shape index (κ3) is 8.16. The first-order valence-electron chi connectivity index (χ1n) is 9.81. The summed E-state index contributed by atoms with van der Waals surface area (Å²) in [5.41, 5.74) is 1.58. The lowest BCUT2D eigenvalue weighted by Crippen LogP contribution is -2.21. The fourth-order valence-corrected chi connectivity index (χ4v) is 2.59. The van der Waals surface area contributed by atoms with E-state index in [4.69, 9.17) is 9.47 Å². The van der Waals surface area contributed by atoms with Crippen molar-refractivity contribution >= 4 is 17.3 Å². The van der Waals surface area contributed by atoms with Gasteiger partial charge in [0, 0.05) is 17.4 Å². The second-order valence-corrected chi connectivity index (χ2v) is 6.46. The molecule has 0 bridgehead atoms. The zero-order valence-electron chi connectivity index (χ0n) is 16.6. The van der Waals surface area contributed by atoms with Crippen LogP contribution in [0.4, 0.5) is 11.4 Å². The third-order valence-corrected chi connectivity index (χ3v) is 4.06. The molecular formula is C23H30N2O3. The number of nitrogens with one attached hydrogen (secondary N) is 2. The number of benzene rings is 2. The Labute approximate surface area is 167 Å². The van der Waals surface area contributed by atoms with E-state index in [0.717, 1.165) is 29.3 Å². The summed E-state index contributed by atoms with van der Waals surface area (Å²) in [5.74, 6) is 1.42. The van der Waals surface area contributed by atoms with Crippen molar-refractivity contribution < 1.29 is 14.3 Å².